The lowest BCUT2D eigenvalue weighted by atomic mass is 10.2. The number of aldehydes is 1. The normalized spacial score (nSPS) is 10.1. The van der Waals surface area contributed by atoms with Crippen molar-refractivity contribution >= 4 is 6.29 Å². The summed E-state index contributed by atoms with van der Waals surface area (Å²) in [6.07, 6.45) is 0.457. The number of rotatable bonds is 6. The van der Waals surface area contributed by atoms with Crippen molar-refractivity contribution in [2.75, 3.05) is 19.8 Å². The van der Waals surface area contributed by atoms with Crippen LogP contribution in [0.1, 0.15) is 17.3 Å². The quantitative estimate of drug-likeness (QED) is 0.434. The molecule has 0 unspecified atom stereocenters. The predicted molar refractivity (Wildman–Crippen MR) is 57.1 cm³/mol. The molecule has 16 heavy (non-hydrogen) atoms. The van der Waals surface area contributed by atoms with Crippen LogP contribution in [-0.2, 0) is 4.74 Å². The molecule has 5 nitrogen and oxygen atoms in total. The van der Waals surface area contributed by atoms with E-state index in [9.17, 15) is 15.0 Å². The number of carbonyl (C=O) groups is 1. The van der Waals surface area contributed by atoms with E-state index in [0.29, 0.717) is 19.5 Å². The van der Waals surface area contributed by atoms with Gasteiger partial charge in [0, 0.05) is 12.7 Å². The van der Waals surface area contributed by atoms with E-state index >= 15 is 0 Å². The van der Waals surface area contributed by atoms with E-state index in [1.165, 1.54) is 6.07 Å². The molecule has 0 radical (unpaired) electrons. The Kier molecular flexibility index (Phi) is 4.60. The molecule has 0 aromatic heterocycles. The number of hydrogen-bond donors (Lipinski definition) is 2. The number of phenols is 2. The summed E-state index contributed by atoms with van der Waals surface area (Å²) in [6.45, 7) is 3.11. The first kappa shape index (κ1) is 12.3. The first-order valence-corrected chi connectivity index (χ1v) is 4.90. The highest BCUT2D eigenvalue weighted by Gasteiger charge is 2.08. The standard InChI is InChI=1S/C11H14O5/c1-2-15-3-4-16-11-6-9(13)8(7-12)5-10(11)14/h5-7,13-14H,2-4H2,1H3. The molecule has 1 aromatic rings. The summed E-state index contributed by atoms with van der Waals surface area (Å²) in [6, 6.07) is 2.35. The monoisotopic (exact) mass is 226 g/mol. The van der Waals surface area contributed by atoms with Crippen LogP contribution >= 0.6 is 0 Å². The van der Waals surface area contributed by atoms with Crippen LogP contribution in [0.5, 0.6) is 17.2 Å². The smallest absolute Gasteiger partial charge is 0.164 e. The third-order valence-corrected chi connectivity index (χ3v) is 1.92. The Hall–Kier alpha value is -1.75. The van der Waals surface area contributed by atoms with Crippen LogP contribution in [0.3, 0.4) is 0 Å². The second-order valence-corrected chi connectivity index (χ2v) is 3.04. The fourth-order valence-corrected chi connectivity index (χ4v) is 1.14. The van der Waals surface area contributed by atoms with Crippen molar-refractivity contribution in [3.63, 3.8) is 0 Å². The highest BCUT2D eigenvalue weighted by Crippen LogP contribution is 2.32. The summed E-state index contributed by atoms with van der Waals surface area (Å²) in [4.78, 5) is 10.5. The largest absolute Gasteiger partial charge is 0.507 e. The van der Waals surface area contributed by atoms with E-state index in [1.54, 1.807) is 0 Å². The van der Waals surface area contributed by atoms with Crippen LogP contribution in [0.15, 0.2) is 12.1 Å². The zero-order valence-corrected chi connectivity index (χ0v) is 8.97. The fraction of sp³-hybridized carbons (Fsp3) is 0.364. The van der Waals surface area contributed by atoms with Gasteiger partial charge in [0.15, 0.2) is 17.8 Å². The van der Waals surface area contributed by atoms with Gasteiger partial charge in [0.05, 0.1) is 12.2 Å². The first-order valence-electron chi connectivity index (χ1n) is 4.90. The van der Waals surface area contributed by atoms with Gasteiger partial charge in [-0.25, -0.2) is 0 Å². The van der Waals surface area contributed by atoms with Crippen molar-refractivity contribution in [3.8, 4) is 17.2 Å². The average molecular weight is 226 g/mol. The lowest BCUT2D eigenvalue weighted by Crippen LogP contribution is -2.06. The van der Waals surface area contributed by atoms with Crippen LogP contribution < -0.4 is 4.74 Å². The molecule has 0 bridgehead atoms. The molecule has 0 saturated carbocycles. The summed E-state index contributed by atoms with van der Waals surface area (Å²) in [5.41, 5.74) is 0.0228. The number of ether oxygens (including phenoxy) is 2. The van der Waals surface area contributed by atoms with Crippen molar-refractivity contribution in [2.24, 2.45) is 0 Å². The summed E-state index contributed by atoms with van der Waals surface area (Å²) in [5.74, 6) is -0.279. The molecule has 0 amide bonds. The Labute approximate surface area is 93.2 Å². The Morgan fingerprint density at radius 1 is 1.25 bits per heavy atom. The molecule has 0 heterocycles. The van der Waals surface area contributed by atoms with Gasteiger partial charge >= 0.3 is 0 Å². The van der Waals surface area contributed by atoms with Crippen LogP contribution in [0.4, 0.5) is 0 Å². The zero-order chi connectivity index (χ0) is 12.0. The van der Waals surface area contributed by atoms with Gasteiger partial charge in [-0.3, -0.25) is 4.79 Å². The minimum absolute atomic E-state index is 0.0228. The number of hydrogen-bond acceptors (Lipinski definition) is 5. The topological polar surface area (TPSA) is 76.0 Å². The molecular weight excluding hydrogens is 212 g/mol. The maximum absolute atomic E-state index is 10.5. The summed E-state index contributed by atoms with van der Waals surface area (Å²) >= 11 is 0. The van der Waals surface area contributed by atoms with Crippen molar-refractivity contribution in [1.82, 2.24) is 0 Å². The van der Waals surface area contributed by atoms with Gasteiger partial charge in [0.2, 0.25) is 0 Å². The van der Waals surface area contributed by atoms with E-state index in [2.05, 4.69) is 0 Å². The lowest BCUT2D eigenvalue weighted by Gasteiger charge is -2.09. The van der Waals surface area contributed by atoms with Crippen molar-refractivity contribution in [1.29, 1.82) is 0 Å². The van der Waals surface area contributed by atoms with Crippen LogP contribution in [0, 0.1) is 0 Å². The van der Waals surface area contributed by atoms with Gasteiger partial charge in [-0.15, -0.1) is 0 Å². The lowest BCUT2D eigenvalue weighted by molar-refractivity contribution is 0.108. The maximum atomic E-state index is 10.5. The summed E-state index contributed by atoms with van der Waals surface area (Å²) in [5, 5.41) is 18.8. The van der Waals surface area contributed by atoms with E-state index in [4.69, 9.17) is 9.47 Å². The van der Waals surface area contributed by atoms with Gasteiger partial charge in [-0.05, 0) is 13.0 Å². The van der Waals surface area contributed by atoms with E-state index in [0.717, 1.165) is 6.07 Å². The van der Waals surface area contributed by atoms with E-state index < -0.39 is 0 Å². The Morgan fingerprint density at radius 3 is 2.62 bits per heavy atom. The molecule has 0 spiro atoms. The molecule has 1 rings (SSSR count). The molecule has 0 aliphatic heterocycles. The molecule has 0 aliphatic rings. The molecule has 0 aliphatic carbocycles. The second-order valence-electron chi connectivity index (χ2n) is 3.04. The minimum atomic E-state index is -0.223. The molecule has 1 aromatic carbocycles. The van der Waals surface area contributed by atoms with Gasteiger partial charge in [-0.2, -0.15) is 0 Å². The highest BCUT2D eigenvalue weighted by molar-refractivity contribution is 5.80. The molecule has 88 valence electrons. The fourth-order valence-electron chi connectivity index (χ4n) is 1.14. The molecular formula is C11H14O5. The maximum Gasteiger partial charge on any atom is 0.164 e. The molecule has 0 saturated heterocycles. The number of benzene rings is 1. The van der Waals surface area contributed by atoms with Gasteiger partial charge in [-0.1, -0.05) is 0 Å². The number of phenolic OH excluding ortho intramolecular Hbond substituents is 2. The number of carbonyl (C=O) groups excluding carboxylic acids is 1. The summed E-state index contributed by atoms with van der Waals surface area (Å²) < 4.78 is 10.2. The molecule has 0 atom stereocenters. The van der Waals surface area contributed by atoms with Crippen molar-refractivity contribution in [2.45, 2.75) is 6.92 Å². The molecule has 5 heteroatoms. The second kappa shape index (κ2) is 5.97. The third-order valence-electron chi connectivity index (χ3n) is 1.92. The molecule has 0 fully saturated rings. The molecule has 2 N–H and O–H groups in total. The summed E-state index contributed by atoms with van der Waals surface area (Å²) in [7, 11) is 0. The van der Waals surface area contributed by atoms with Gasteiger partial charge in [0.1, 0.15) is 12.4 Å². The first-order chi connectivity index (χ1) is 7.69. The van der Waals surface area contributed by atoms with Gasteiger partial charge in [0.25, 0.3) is 0 Å². The Morgan fingerprint density at radius 2 is 2.00 bits per heavy atom. The number of aromatic hydroxyl groups is 2. The van der Waals surface area contributed by atoms with Crippen LogP contribution in [0.25, 0.3) is 0 Å². The van der Waals surface area contributed by atoms with Crippen molar-refractivity contribution < 1.29 is 24.5 Å². The van der Waals surface area contributed by atoms with Crippen molar-refractivity contribution in [3.05, 3.63) is 17.7 Å². The van der Waals surface area contributed by atoms with Crippen LogP contribution in [0.2, 0.25) is 0 Å². The Balaban J connectivity index is 2.66. The highest BCUT2D eigenvalue weighted by atomic mass is 16.5. The Bertz CT molecular complexity index is 362. The van der Waals surface area contributed by atoms with E-state index in [-0.39, 0.29) is 29.4 Å². The minimum Gasteiger partial charge on any atom is -0.507 e. The van der Waals surface area contributed by atoms with Gasteiger partial charge < -0.3 is 19.7 Å². The van der Waals surface area contributed by atoms with Crippen LogP contribution in [-0.4, -0.2) is 36.3 Å². The average Bonchev–Trinajstić information content (AvgIpc) is 2.28. The third kappa shape index (κ3) is 3.13. The predicted octanol–water partition coefficient (Wildman–Crippen LogP) is 1.33. The SMILES string of the molecule is CCOCCOc1cc(O)c(C=O)cc1O. The van der Waals surface area contributed by atoms with E-state index in [1.807, 2.05) is 6.92 Å². The zero-order valence-electron chi connectivity index (χ0n) is 8.97.